The molecule has 1 heterocycles. The van der Waals surface area contributed by atoms with E-state index in [9.17, 15) is 0 Å². The van der Waals surface area contributed by atoms with Crippen LogP contribution < -0.4 is 5.73 Å². The molecular formula is C21H31N3. The average Bonchev–Trinajstić information content (AvgIpc) is 3.13. The molecule has 1 aliphatic heterocycles. The van der Waals surface area contributed by atoms with Crippen LogP contribution in [0.1, 0.15) is 51.2 Å². The minimum atomic E-state index is 0.681. The van der Waals surface area contributed by atoms with Gasteiger partial charge in [0.25, 0.3) is 0 Å². The Morgan fingerprint density at radius 2 is 2.04 bits per heavy atom. The van der Waals surface area contributed by atoms with Crippen molar-refractivity contribution in [3.05, 3.63) is 52.9 Å². The molecule has 0 unspecified atom stereocenters. The van der Waals surface area contributed by atoms with E-state index in [1.807, 2.05) is 6.21 Å². The predicted octanol–water partition coefficient (Wildman–Crippen LogP) is 4.40. The molecule has 0 aromatic heterocycles. The normalized spacial score (nSPS) is 16.8. The zero-order valence-electron chi connectivity index (χ0n) is 15.4. The number of hydrogen-bond donors (Lipinski definition) is 1. The van der Waals surface area contributed by atoms with E-state index in [-0.39, 0.29) is 0 Å². The number of aliphatic imine (C=N–C) groups is 1. The van der Waals surface area contributed by atoms with Crippen LogP contribution in [0.5, 0.6) is 0 Å². The zero-order chi connectivity index (χ0) is 17.4. The molecule has 0 saturated carbocycles. The first-order valence-electron chi connectivity index (χ1n) is 9.14. The summed E-state index contributed by atoms with van der Waals surface area (Å²) >= 11 is 0. The Morgan fingerprint density at radius 1 is 1.29 bits per heavy atom. The maximum atomic E-state index is 5.68. The summed E-state index contributed by atoms with van der Waals surface area (Å²) in [6, 6.07) is 8.61. The Hall–Kier alpha value is -1.87. The number of rotatable bonds is 7. The Morgan fingerprint density at radius 3 is 2.67 bits per heavy atom. The van der Waals surface area contributed by atoms with Crippen molar-refractivity contribution in [1.82, 2.24) is 4.90 Å². The van der Waals surface area contributed by atoms with Crippen molar-refractivity contribution in [3.8, 4) is 0 Å². The van der Waals surface area contributed by atoms with E-state index < -0.39 is 0 Å². The lowest BCUT2D eigenvalue weighted by atomic mass is 10.0. The summed E-state index contributed by atoms with van der Waals surface area (Å²) in [5.74, 6) is 1.16. The van der Waals surface area contributed by atoms with Crippen LogP contribution >= 0.6 is 0 Å². The number of hydrogen-bond acceptors (Lipinski definition) is 3. The topological polar surface area (TPSA) is 41.6 Å². The Kier molecular flexibility index (Phi) is 7.26. The summed E-state index contributed by atoms with van der Waals surface area (Å²) in [6.07, 6.45) is 8.65. The van der Waals surface area contributed by atoms with Crippen molar-refractivity contribution in [3.63, 3.8) is 0 Å². The fourth-order valence-electron chi connectivity index (χ4n) is 3.07. The summed E-state index contributed by atoms with van der Waals surface area (Å²) in [5.41, 5.74) is 10.7. The van der Waals surface area contributed by atoms with Crippen LogP contribution in [0, 0.1) is 0 Å². The maximum absolute atomic E-state index is 5.68. The van der Waals surface area contributed by atoms with E-state index in [1.165, 1.54) is 29.5 Å². The van der Waals surface area contributed by atoms with Crippen molar-refractivity contribution in [2.75, 3.05) is 19.6 Å². The molecule has 0 aliphatic carbocycles. The molecule has 1 aromatic rings. The van der Waals surface area contributed by atoms with Gasteiger partial charge in [-0.3, -0.25) is 0 Å². The molecular weight excluding hydrogens is 294 g/mol. The van der Waals surface area contributed by atoms with E-state index in [1.54, 1.807) is 0 Å². The van der Waals surface area contributed by atoms with Crippen LogP contribution in [0.4, 0.5) is 0 Å². The van der Waals surface area contributed by atoms with Crippen LogP contribution in [0.25, 0.3) is 5.57 Å². The fraction of sp³-hybridized carbons (Fsp3) is 0.476. The van der Waals surface area contributed by atoms with Gasteiger partial charge in [-0.05, 0) is 68.3 Å². The second-order valence-corrected chi connectivity index (χ2v) is 6.39. The van der Waals surface area contributed by atoms with E-state index in [2.05, 4.69) is 56.0 Å². The molecule has 0 atom stereocenters. The van der Waals surface area contributed by atoms with Gasteiger partial charge >= 0.3 is 0 Å². The van der Waals surface area contributed by atoms with Gasteiger partial charge in [-0.2, -0.15) is 0 Å². The zero-order valence-corrected chi connectivity index (χ0v) is 15.4. The molecule has 1 saturated heterocycles. The monoisotopic (exact) mass is 325 g/mol. The first-order valence-corrected chi connectivity index (χ1v) is 9.14. The Bertz CT molecular complexity index is 620. The number of nitrogens with two attached hydrogens (primary N) is 1. The second kappa shape index (κ2) is 9.43. The molecule has 0 spiro atoms. The third-order valence-electron chi connectivity index (χ3n) is 4.65. The molecule has 130 valence electrons. The molecule has 1 fully saturated rings. The van der Waals surface area contributed by atoms with Gasteiger partial charge in [0, 0.05) is 19.3 Å². The molecule has 2 N–H and O–H groups in total. The van der Waals surface area contributed by atoms with Crippen molar-refractivity contribution >= 4 is 11.8 Å². The van der Waals surface area contributed by atoms with Gasteiger partial charge in [0.1, 0.15) is 5.82 Å². The minimum absolute atomic E-state index is 0.681. The largest absolute Gasteiger partial charge is 0.357 e. The van der Waals surface area contributed by atoms with Gasteiger partial charge in [-0.1, -0.05) is 37.3 Å². The van der Waals surface area contributed by atoms with Gasteiger partial charge in [0.05, 0.1) is 0 Å². The second-order valence-electron chi connectivity index (χ2n) is 6.39. The highest BCUT2D eigenvalue weighted by Crippen LogP contribution is 2.22. The van der Waals surface area contributed by atoms with Crippen LogP contribution in [0.2, 0.25) is 0 Å². The molecule has 3 nitrogen and oxygen atoms in total. The number of nitrogens with zero attached hydrogens (tertiary/aromatic N) is 2. The molecule has 0 bridgehead atoms. The highest BCUT2D eigenvalue weighted by Gasteiger charge is 2.15. The molecule has 1 aliphatic rings. The average molecular weight is 326 g/mol. The lowest BCUT2D eigenvalue weighted by molar-refractivity contribution is 0.416. The minimum Gasteiger partial charge on any atom is -0.357 e. The number of allylic oxidation sites excluding steroid dienone is 3. The molecule has 0 radical (unpaired) electrons. The lowest BCUT2D eigenvalue weighted by Crippen LogP contribution is -2.18. The van der Waals surface area contributed by atoms with E-state index in [4.69, 9.17) is 10.7 Å². The molecule has 2 rings (SSSR count). The molecule has 3 heteroatoms. The van der Waals surface area contributed by atoms with Crippen LogP contribution in [0.15, 0.2) is 46.7 Å². The third-order valence-corrected chi connectivity index (χ3v) is 4.65. The lowest BCUT2D eigenvalue weighted by Gasteiger charge is -2.20. The smallest absolute Gasteiger partial charge is 0.127 e. The summed E-state index contributed by atoms with van der Waals surface area (Å²) in [5, 5.41) is 0. The fourth-order valence-corrected chi connectivity index (χ4v) is 3.07. The maximum Gasteiger partial charge on any atom is 0.127 e. The van der Waals surface area contributed by atoms with Crippen LogP contribution in [-0.4, -0.2) is 30.7 Å². The molecule has 24 heavy (non-hydrogen) atoms. The van der Waals surface area contributed by atoms with Crippen molar-refractivity contribution in [2.45, 2.75) is 46.5 Å². The van der Waals surface area contributed by atoms with Gasteiger partial charge in [-0.15, -0.1) is 0 Å². The van der Waals surface area contributed by atoms with E-state index in [0.717, 1.165) is 37.3 Å². The van der Waals surface area contributed by atoms with Crippen molar-refractivity contribution in [1.29, 1.82) is 0 Å². The first-order chi connectivity index (χ1) is 11.7. The first kappa shape index (κ1) is 18.5. The summed E-state index contributed by atoms with van der Waals surface area (Å²) in [7, 11) is 0. The van der Waals surface area contributed by atoms with Crippen molar-refractivity contribution < 1.29 is 0 Å². The highest BCUT2D eigenvalue weighted by molar-refractivity contribution is 6.10. The molecule has 0 amide bonds. The standard InChI is InChI=1S/C21H31N3/c1-4-17(3)21(24-13-6-7-14-24)23-16-19(5-2)20-10-8-9-18(15-20)11-12-22/h5,8-10,15-16H,4,6-7,11-14,22H2,1-3H3/b19-5+,21-17-,23-16+. The predicted molar refractivity (Wildman–Crippen MR) is 105 cm³/mol. The van der Waals surface area contributed by atoms with E-state index in [0.29, 0.717) is 6.54 Å². The third kappa shape index (κ3) is 4.81. The van der Waals surface area contributed by atoms with Crippen LogP contribution in [-0.2, 0) is 6.42 Å². The Labute approximate surface area is 147 Å². The van der Waals surface area contributed by atoms with Gasteiger partial charge in [0.2, 0.25) is 0 Å². The van der Waals surface area contributed by atoms with Gasteiger partial charge in [-0.25, -0.2) is 4.99 Å². The van der Waals surface area contributed by atoms with Crippen LogP contribution in [0.3, 0.4) is 0 Å². The van der Waals surface area contributed by atoms with E-state index >= 15 is 0 Å². The highest BCUT2D eigenvalue weighted by atomic mass is 15.2. The van der Waals surface area contributed by atoms with Gasteiger partial charge < -0.3 is 10.6 Å². The Balaban J connectivity index is 2.24. The number of benzene rings is 1. The van der Waals surface area contributed by atoms with Gasteiger partial charge in [0.15, 0.2) is 0 Å². The summed E-state index contributed by atoms with van der Waals surface area (Å²) in [6.45, 7) is 9.40. The van der Waals surface area contributed by atoms with Crippen molar-refractivity contribution in [2.24, 2.45) is 10.7 Å². The SMILES string of the molecule is C\C=C(/C=N/C(=C(\C)CC)N1CCCC1)c1cccc(CCN)c1. The number of likely N-dealkylation sites (tertiary alicyclic amines) is 1. The molecule has 1 aromatic carbocycles. The summed E-state index contributed by atoms with van der Waals surface area (Å²) in [4.78, 5) is 7.31. The summed E-state index contributed by atoms with van der Waals surface area (Å²) < 4.78 is 0. The quantitative estimate of drug-likeness (QED) is 0.755.